The fraction of sp³-hybridized carbons (Fsp3) is 0.0222. The molecule has 3 heteroatoms. The zero-order valence-electron chi connectivity index (χ0n) is 26.4. The number of fused-ring (bicyclic) bond motifs is 6. The number of benzene rings is 8. The van der Waals surface area contributed by atoms with Crippen molar-refractivity contribution in [3.05, 3.63) is 163 Å². The largest absolute Gasteiger partial charge is 0.309 e. The molecule has 0 unspecified atom stereocenters. The van der Waals surface area contributed by atoms with Gasteiger partial charge < -0.3 is 13.7 Å². The highest BCUT2D eigenvalue weighted by atomic mass is 15.0. The Kier molecular flexibility index (Phi) is 5.04. The molecular weight excluding hydrogens is 583 g/mol. The van der Waals surface area contributed by atoms with Crippen molar-refractivity contribution in [3.8, 4) is 17.1 Å². The average molecular weight is 612 g/mol. The van der Waals surface area contributed by atoms with Crippen LogP contribution in [0.2, 0.25) is 0 Å². The lowest BCUT2D eigenvalue weighted by atomic mass is 10.0. The van der Waals surface area contributed by atoms with Gasteiger partial charge in [0.2, 0.25) is 0 Å². The van der Waals surface area contributed by atoms with Gasteiger partial charge in [-0.15, -0.1) is 0 Å². The van der Waals surface area contributed by atoms with Gasteiger partial charge in [-0.25, -0.2) is 0 Å². The summed E-state index contributed by atoms with van der Waals surface area (Å²) in [5, 5.41) is 10.2. The number of aromatic nitrogens is 3. The normalized spacial score (nSPS) is 12.3. The van der Waals surface area contributed by atoms with E-state index in [1.807, 2.05) is 0 Å². The van der Waals surface area contributed by atoms with Crippen LogP contribution >= 0.6 is 0 Å². The summed E-state index contributed by atoms with van der Waals surface area (Å²) < 4.78 is 7.36. The summed E-state index contributed by atoms with van der Waals surface area (Å²) in [6.45, 7) is 2.16. The summed E-state index contributed by atoms with van der Waals surface area (Å²) in [4.78, 5) is 0. The number of rotatable bonds is 3. The second-order valence-electron chi connectivity index (χ2n) is 13.1. The second-order valence-corrected chi connectivity index (χ2v) is 13.1. The molecule has 0 radical (unpaired) electrons. The maximum Gasteiger partial charge on any atom is 0.0568 e. The number of nitrogens with zero attached hydrogens (tertiary/aromatic N) is 3. The first-order valence-corrected chi connectivity index (χ1v) is 16.6. The van der Waals surface area contributed by atoms with Crippen LogP contribution in [-0.4, -0.2) is 13.7 Å². The third-order valence-corrected chi connectivity index (χ3v) is 10.4. The summed E-state index contributed by atoms with van der Waals surface area (Å²) in [6, 6.07) is 58.2. The predicted molar refractivity (Wildman–Crippen MR) is 203 cm³/mol. The van der Waals surface area contributed by atoms with Crippen molar-refractivity contribution < 1.29 is 0 Å². The lowest BCUT2D eigenvalue weighted by Gasteiger charge is -2.13. The van der Waals surface area contributed by atoms with Crippen molar-refractivity contribution >= 4 is 76.2 Å². The van der Waals surface area contributed by atoms with E-state index < -0.39 is 0 Å². The van der Waals surface area contributed by atoms with Gasteiger partial charge in [-0.3, -0.25) is 0 Å². The monoisotopic (exact) mass is 611 g/mol. The Bertz CT molecular complexity index is 2770. The first-order valence-electron chi connectivity index (χ1n) is 16.6. The molecule has 0 amide bonds. The van der Waals surface area contributed by atoms with E-state index >= 15 is 0 Å². The highest BCUT2D eigenvalue weighted by molar-refractivity contribution is 6.25. The molecule has 0 fully saturated rings. The van der Waals surface area contributed by atoms with Crippen LogP contribution in [0.15, 0.2) is 158 Å². The Labute approximate surface area is 276 Å². The van der Waals surface area contributed by atoms with Crippen LogP contribution in [0.1, 0.15) is 5.56 Å². The standard InChI is InChI=1S/C45H29N3/c1-28-18-22-31(23-19-28)46-42-26-32(47-38-14-6-2-10-34(38)35-11-3-7-15-39(35)47)24-29-20-21-30-25-33(27-43(46)45(30)44(29)42)48-40-16-8-4-12-36(40)37-13-5-9-17-41(37)48/h2-27H,1H3. The van der Waals surface area contributed by atoms with Crippen LogP contribution < -0.4 is 0 Å². The van der Waals surface area contributed by atoms with Gasteiger partial charge in [0.25, 0.3) is 0 Å². The SMILES string of the molecule is Cc1ccc(-n2c3cc(-n4c5ccccc5c5ccccc54)cc4ccc5cc(-n6c7ccccc7c7ccccc76)cc2c5c43)cc1. The van der Waals surface area contributed by atoms with Crippen molar-refractivity contribution in [2.75, 3.05) is 0 Å². The second kappa shape index (κ2) is 9.37. The molecule has 0 N–H and O–H groups in total. The van der Waals surface area contributed by atoms with E-state index in [1.54, 1.807) is 0 Å². The van der Waals surface area contributed by atoms with Gasteiger partial charge in [0.05, 0.1) is 33.1 Å². The highest BCUT2D eigenvalue weighted by Gasteiger charge is 2.22. The quantitative estimate of drug-likeness (QED) is 0.177. The number of para-hydroxylation sites is 4. The molecule has 11 rings (SSSR count). The molecule has 3 nitrogen and oxygen atoms in total. The summed E-state index contributed by atoms with van der Waals surface area (Å²) in [5.74, 6) is 0. The zero-order chi connectivity index (χ0) is 31.5. The van der Waals surface area contributed by atoms with Crippen LogP contribution in [0.5, 0.6) is 0 Å². The van der Waals surface area contributed by atoms with Gasteiger partial charge >= 0.3 is 0 Å². The van der Waals surface area contributed by atoms with Crippen molar-refractivity contribution in [2.45, 2.75) is 6.92 Å². The fourth-order valence-electron chi connectivity index (χ4n) is 8.37. The molecule has 0 saturated heterocycles. The van der Waals surface area contributed by atoms with E-state index in [9.17, 15) is 0 Å². The Balaban J connectivity index is 1.29. The van der Waals surface area contributed by atoms with Crippen LogP contribution in [0.25, 0.3) is 93.3 Å². The Morgan fingerprint density at radius 1 is 0.312 bits per heavy atom. The molecule has 11 aromatic rings. The first-order chi connectivity index (χ1) is 23.7. The number of hydrogen-bond donors (Lipinski definition) is 0. The number of hydrogen-bond acceptors (Lipinski definition) is 0. The maximum atomic E-state index is 2.48. The molecule has 0 bridgehead atoms. The molecular formula is C45H29N3. The van der Waals surface area contributed by atoms with Crippen LogP contribution in [-0.2, 0) is 0 Å². The van der Waals surface area contributed by atoms with Gasteiger partial charge in [0, 0.05) is 49.4 Å². The van der Waals surface area contributed by atoms with Crippen molar-refractivity contribution in [1.82, 2.24) is 13.7 Å². The Hall–Kier alpha value is -6.32. The first kappa shape index (κ1) is 25.8. The van der Waals surface area contributed by atoms with E-state index in [1.165, 1.54) is 93.1 Å². The molecule has 3 heterocycles. The molecule has 8 aromatic carbocycles. The van der Waals surface area contributed by atoms with E-state index in [2.05, 4.69) is 178 Å². The third kappa shape index (κ3) is 3.37. The van der Waals surface area contributed by atoms with E-state index in [0.29, 0.717) is 0 Å². The van der Waals surface area contributed by atoms with Gasteiger partial charge in [0.1, 0.15) is 0 Å². The van der Waals surface area contributed by atoms with Gasteiger partial charge in [-0.2, -0.15) is 0 Å². The lowest BCUT2D eigenvalue weighted by Crippen LogP contribution is -1.98. The van der Waals surface area contributed by atoms with Gasteiger partial charge in [-0.1, -0.05) is 103 Å². The zero-order valence-corrected chi connectivity index (χ0v) is 26.4. The van der Waals surface area contributed by atoms with E-state index in [4.69, 9.17) is 0 Å². The molecule has 224 valence electrons. The number of aryl methyl sites for hydroxylation is 1. The van der Waals surface area contributed by atoms with Crippen LogP contribution in [0.4, 0.5) is 0 Å². The summed E-state index contributed by atoms with van der Waals surface area (Å²) in [5.41, 5.74) is 12.1. The molecule has 0 atom stereocenters. The highest BCUT2D eigenvalue weighted by Crippen LogP contribution is 2.43. The van der Waals surface area contributed by atoms with E-state index in [-0.39, 0.29) is 0 Å². The van der Waals surface area contributed by atoms with Gasteiger partial charge in [0.15, 0.2) is 0 Å². The minimum absolute atomic E-state index is 1.16. The Morgan fingerprint density at radius 3 is 1.06 bits per heavy atom. The fourth-order valence-corrected chi connectivity index (χ4v) is 8.37. The summed E-state index contributed by atoms with van der Waals surface area (Å²) in [6.07, 6.45) is 0. The lowest BCUT2D eigenvalue weighted by molar-refractivity contribution is 1.14. The molecule has 0 aliphatic rings. The third-order valence-electron chi connectivity index (χ3n) is 10.4. The molecule has 0 saturated carbocycles. The molecule has 48 heavy (non-hydrogen) atoms. The van der Waals surface area contributed by atoms with Crippen LogP contribution in [0.3, 0.4) is 0 Å². The van der Waals surface area contributed by atoms with E-state index in [0.717, 1.165) is 5.69 Å². The van der Waals surface area contributed by atoms with Crippen molar-refractivity contribution in [3.63, 3.8) is 0 Å². The van der Waals surface area contributed by atoms with Gasteiger partial charge in [-0.05, 0) is 78.4 Å². The van der Waals surface area contributed by atoms with Crippen molar-refractivity contribution in [2.24, 2.45) is 0 Å². The minimum atomic E-state index is 1.16. The van der Waals surface area contributed by atoms with Crippen molar-refractivity contribution in [1.29, 1.82) is 0 Å². The maximum absolute atomic E-state index is 2.48. The summed E-state index contributed by atoms with van der Waals surface area (Å²) in [7, 11) is 0. The Morgan fingerprint density at radius 2 is 0.667 bits per heavy atom. The average Bonchev–Trinajstić information content (AvgIpc) is 3.77. The molecule has 3 aromatic heterocycles. The minimum Gasteiger partial charge on any atom is -0.309 e. The molecule has 0 spiro atoms. The topological polar surface area (TPSA) is 14.8 Å². The molecule has 0 aliphatic carbocycles. The van der Waals surface area contributed by atoms with Crippen LogP contribution in [0, 0.1) is 6.92 Å². The molecule has 0 aliphatic heterocycles. The summed E-state index contributed by atoms with van der Waals surface area (Å²) >= 11 is 0. The smallest absolute Gasteiger partial charge is 0.0568 e. The predicted octanol–water partition coefficient (Wildman–Crippen LogP) is 11.9.